The Hall–Kier alpha value is -1.70. The summed E-state index contributed by atoms with van der Waals surface area (Å²) in [6, 6.07) is -1.36. The van der Waals surface area contributed by atoms with Crippen LogP contribution in [0.3, 0.4) is 0 Å². The monoisotopic (exact) mass is 226 g/mol. The molecule has 3 N–H and O–H groups in total. The third kappa shape index (κ3) is 5.25. The van der Waals surface area contributed by atoms with E-state index >= 15 is 0 Å². The number of hydrogen-bond acceptors (Lipinski definition) is 2. The molecule has 5 nitrogen and oxygen atoms in total. The van der Waals surface area contributed by atoms with Crippen LogP contribution in [0.4, 0.5) is 4.79 Å². The summed E-state index contributed by atoms with van der Waals surface area (Å²) in [5, 5.41) is 13.8. The molecule has 2 atom stereocenters. The minimum Gasteiger partial charge on any atom is -0.480 e. The minimum atomic E-state index is -1.03. The number of carbonyl (C=O) groups is 2. The zero-order valence-corrected chi connectivity index (χ0v) is 9.62. The smallest absolute Gasteiger partial charge is 0.326 e. The van der Waals surface area contributed by atoms with Crippen LogP contribution in [0.15, 0.2) is 0 Å². The van der Waals surface area contributed by atoms with Gasteiger partial charge in [0.2, 0.25) is 0 Å². The van der Waals surface area contributed by atoms with E-state index in [-0.39, 0.29) is 5.92 Å². The summed E-state index contributed by atoms with van der Waals surface area (Å²) in [6.07, 6.45) is 6.13. The number of carboxylic acid groups (broad SMARTS) is 1. The predicted octanol–water partition coefficient (Wildman–Crippen LogP) is 0.808. The van der Waals surface area contributed by atoms with Crippen molar-refractivity contribution in [1.82, 2.24) is 10.6 Å². The van der Waals surface area contributed by atoms with Crippen LogP contribution >= 0.6 is 0 Å². The summed E-state index contributed by atoms with van der Waals surface area (Å²) in [5.74, 6) is 1.23. The molecule has 0 aliphatic rings. The molecule has 0 aliphatic heterocycles. The van der Waals surface area contributed by atoms with Crippen LogP contribution in [0.1, 0.15) is 26.7 Å². The van der Waals surface area contributed by atoms with E-state index in [1.54, 1.807) is 6.92 Å². The van der Waals surface area contributed by atoms with Crippen molar-refractivity contribution in [2.45, 2.75) is 32.7 Å². The summed E-state index contributed by atoms with van der Waals surface area (Å²) in [7, 11) is 0. The summed E-state index contributed by atoms with van der Waals surface area (Å²) < 4.78 is 0. The van der Waals surface area contributed by atoms with Crippen LogP contribution in [-0.2, 0) is 4.79 Å². The third-order valence-corrected chi connectivity index (χ3v) is 2.32. The lowest BCUT2D eigenvalue weighted by Gasteiger charge is -2.20. The number of carboxylic acids is 1. The van der Waals surface area contributed by atoms with Gasteiger partial charge >= 0.3 is 12.0 Å². The molecule has 0 aromatic heterocycles. The van der Waals surface area contributed by atoms with E-state index in [9.17, 15) is 9.59 Å². The molecule has 0 radical (unpaired) electrons. The molecule has 0 rings (SSSR count). The zero-order valence-electron chi connectivity index (χ0n) is 9.62. The highest BCUT2D eigenvalue weighted by Gasteiger charge is 2.24. The second kappa shape index (κ2) is 7.57. The summed E-state index contributed by atoms with van der Waals surface area (Å²) in [6.45, 7) is 3.99. The van der Waals surface area contributed by atoms with Crippen molar-refractivity contribution in [3.63, 3.8) is 0 Å². The summed E-state index contributed by atoms with van der Waals surface area (Å²) in [5.41, 5.74) is 0. The number of aliphatic carboxylic acids is 1. The van der Waals surface area contributed by atoms with E-state index in [0.717, 1.165) is 0 Å². The molecule has 0 fully saturated rings. The van der Waals surface area contributed by atoms with E-state index in [2.05, 4.69) is 16.6 Å². The van der Waals surface area contributed by atoms with Gasteiger partial charge in [-0.2, -0.15) is 0 Å². The molecule has 0 heterocycles. The SMILES string of the molecule is C#CCCNC(=O)N[C@H](C(=O)O)[C@@H](C)CC. The molecule has 0 saturated heterocycles. The van der Waals surface area contributed by atoms with Gasteiger partial charge in [0.05, 0.1) is 0 Å². The van der Waals surface area contributed by atoms with Crippen molar-refractivity contribution in [3.8, 4) is 12.3 Å². The van der Waals surface area contributed by atoms with Crippen LogP contribution in [0.5, 0.6) is 0 Å². The lowest BCUT2D eigenvalue weighted by molar-refractivity contribution is -0.140. The van der Waals surface area contributed by atoms with Crippen LogP contribution < -0.4 is 10.6 Å². The zero-order chi connectivity index (χ0) is 12.6. The van der Waals surface area contributed by atoms with Crippen molar-refractivity contribution in [3.05, 3.63) is 0 Å². The Morgan fingerprint density at radius 2 is 2.12 bits per heavy atom. The van der Waals surface area contributed by atoms with Crippen molar-refractivity contribution in [2.75, 3.05) is 6.54 Å². The quantitative estimate of drug-likeness (QED) is 0.463. The van der Waals surface area contributed by atoms with Gasteiger partial charge in [-0.15, -0.1) is 12.3 Å². The Balaban J connectivity index is 4.15. The van der Waals surface area contributed by atoms with Crippen molar-refractivity contribution in [2.24, 2.45) is 5.92 Å². The first-order chi connectivity index (χ1) is 7.52. The Morgan fingerprint density at radius 3 is 2.56 bits per heavy atom. The number of amides is 2. The number of carbonyl (C=O) groups excluding carboxylic acids is 1. The fraction of sp³-hybridized carbons (Fsp3) is 0.636. The van der Waals surface area contributed by atoms with Gasteiger partial charge in [-0.1, -0.05) is 20.3 Å². The first kappa shape index (κ1) is 14.3. The average molecular weight is 226 g/mol. The Kier molecular flexibility index (Phi) is 6.77. The van der Waals surface area contributed by atoms with Gasteiger partial charge in [-0.25, -0.2) is 9.59 Å². The molecule has 2 amide bonds. The van der Waals surface area contributed by atoms with E-state index in [1.807, 2.05) is 6.92 Å². The minimum absolute atomic E-state index is 0.115. The van der Waals surface area contributed by atoms with Crippen LogP contribution in [0.2, 0.25) is 0 Å². The number of urea groups is 1. The van der Waals surface area contributed by atoms with Crippen LogP contribution in [0.25, 0.3) is 0 Å². The molecule has 0 saturated carbocycles. The Morgan fingerprint density at radius 1 is 1.50 bits per heavy atom. The van der Waals surface area contributed by atoms with Gasteiger partial charge in [-0.3, -0.25) is 0 Å². The first-order valence-electron chi connectivity index (χ1n) is 5.23. The van der Waals surface area contributed by atoms with Gasteiger partial charge in [0.1, 0.15) is 6.04 Å². The highest BCUT2D eigenvalue weighted by molar-refractivity contribution is 5.82. The molecule has 0 bridgehead atoms. The normalized spacial score (nSPS) is 13.3. The molecular formula is C11H18N2O3. The molecule has 5 heteroatoms. The third-order valence-electron chi connectivity index (χ3n) is 2.32. The van der Waals surface area contributed by atoms with Crippen LogP contribution in [-0.4, -0.2) is 29.7 Å². The van der Waals surface area contributed by atoms with E-state index in [4.69, 9.17) is 11.5 Å². The van der Waals surface area contributed by atoms with Gasteiger partial charge in [0, 0.05) is 13.0 Å². The molecule has 0 spiro atoms. The van der Waals surface area contributed by atoms with Gasteiger partial charge in [-0.05, 0) is 5.92 Å². The maximum Gasteiger partial charge on any atom is 0.326 e. The largest absolute Gasteiger partial charge is 0.480 e. The predicted molar refractivity (Wildman–Crippen MR) is 60.9 cm³/mol. The van der Waals surface area contributed by atoms with Crippen molar-refractivity contribution >= 4 is 12.0 Å². The molecule has 16 heavy (non-hydrogen) atoms. The molecule has 0 unspecified atom stereocenters. The van der Waals surface area contributed by atoms with Crippen molar-refractivity contribution in [1.29, 1.82) is 0 Å². The van der Waals surface area contributed by atoms with Crippen molar-refractivity contribution < 1.29 is 14.7 Å². The number of terminal acetylenes is 1. The highest BCUT2D eigenvalue weighted by Crippen LogP contribution is 2.07. The average Bonchev–Trinajstić information content (AvgIpc) is 2.25. The molecule has 0 aromatic carbocycles. The summed E-state index contributed by atoms with van der Waals surface area (Å²) in [4.78, 5) is 22.2. The Labute approximate surface area is 95.6 Å². The lowest BCUT2D eigenvalue weighted by Crippen LogP contribution is -2.49. The molecule has 0 aromatic rings. The second-order valence-electron chi connectivity index (χ2n) is 3.56. The Bertz CT molecular complexity index is 283. The fourth-order valence-corrected chi connectivity index (χ4v) is 1.12. The maximum absolute atomic E-state index is 11.3. The van der Waals surface area contributed by atoms with E-state index in [1.165, 1.54) is 0 Å². The van der Waals surface area contributed by atoms with Crippen LogP contribution in [0, 0.1) is 18.3 Å². The highest BCUT2D eigenvalue weighted by atomic mass is 16.4. The summed E-state index contributed by atoms with van der Waals surface area (Å²) >= 11 is 0. The lowest BCUT2D eigenvalue weighted by atomic mass is 9.99. The fourth-order valence-electron chi connectivity index (χ4n) is 1.12. The molecule has 0 aliphatic carbocycles. The number of hydrogen-bond donors (Lipinski definition) is 3. The van der Waals surface area contributed by atoms with Gasteiger partial charge in [0.25, 0.3) is 0 Å². The molecule has 90 valence electrons. The van der Waals surface area contributed by atoms with Gasteiger partial charge in [0.15, 0.2) is 0 Å². The molecular weight excluding hydrogens is 208 g/mol. The standard InChI is InChI=1S/C11H18N2O3/c1-4-6-7-12-11(16)13-9(10(14)15)8(3)5-2/h1,8-9H,5-7H2,2-3H3,(H,14,15)(H2,12,13,16)/t8-,9-/m0/s1. The number of nitrogens with one attached hydrogen (secondary N) is 2. The second-order valence-corrected chi connectivity index (χ2v) is 3.56. The topological polar surface area (TPSA) is 78.4 Å². The van der Waals surface area contributed by atoms with E-state index < -0.39 is 18.0 Å². The van der Waals surface area contributed by atoms with E-state index in [0.29, 0.717) is 19.4 Å². The van der Waals surface area contributed by atoms with Gasteiger partial charge < -0.3 is 15.7 Å². The first-order valence-corrected chi connectivity index (χ1v) is 5.23. The number of rotatable bonds is 6. The maximum atomic E-state index is 11.3.